The van der Waals surface area contributed by atoms with Crippen LogP contribution in [0.4, 0.5) is 13.2 Å². The second-order valence-electron chi connectivity index (χ2n) is 6.95. The summed E-state index contributed by atoms with van der Waals surface area (Å²) < 4.78 is 39.8. The lowest BCUT2D eigenvalue weighted by Crippen LogP contribution is -2.34. The van der Waals surface area contributed by atoms with E-state index in [0.717, 1.165) is 33.2 Å². The van der Waals surface area contributed by atoms with Gasteiger partial charge in [-0.05, 0) is 30.9 Å². The van der Waals surface area contributed by atoms with Crippen LogP contribution in [-0.4, -0.2) is 43.1 Å². The van der Waals surface area contributed by atoms with Crippen molar-refractivity contribution in [2.24, 2.45) is 13.0 Å². The molecule has 1 fully saturated rings. The monoisotopic (exact) mass is 421 g/mol. The van der Waals surface area contributed by atoms with Gasteiger partial charge in [0.25, 0.3) is 0 Å². The molecule has 1 aliphatic rings. The third kappa shape index (κ3) is 3.69. The number of aliphatic hydroxyl groups excluding tert-OH is 1. The van der Waals surface area contributed by atoms with E-state index in [1.54, 1.807) is 17.1 Å². The highest BCUT2D eigenvalue weighted by atomic mass is 32.1. The van der Waals surface area contributed by atoms with E-state index < -0.39 is 12.1 Å². The van der Waals surface area contributed by atoms with Crippen LogP contribution in [-0.2, 0) is 7.05 Å². The molecule has 0 atom stereocenters. The normalized spacial score (nSPS) is 19.1. The summed E-state index contributed by atoms with van der Waals surface area (Å²) in [6.07, 6.45) is 1.53. The van der Waals surface area contributed by atoms with Gasteiger partial charge in [-0.3, -0.25) is 4.68 Å². The van der Waals surface area contributed by atoms with Gasteiger partial charge in [0.1, 0.15) is 4.83 Å². The number of pyridine rings is 1. The van der Waals surface area contributed by atoms with Gasteiger partial charge in [0.05, 0.1) is 5.92 Å². The third-order valence-electron chi connectivity index (χ3n) is 5.03. The Balaban J connectivity index is 0.000000994. The zero-order chi connectivity index (χ0) is 20.8. The predicted molar refractivity (Wildman–Crippen MR) is 105 cm³/mol. The van der Waals surface area contributed by atoms with Gasteiger partial charge in [-0.15, -0.1) is 11.3 Å². The minimum atomic E-state index is -4.09. The molecule has 1 aliphatic carbocycles. The van der Waals surface area contributed by atoms with Gasteiger partial charge in [0, 0.05) is 54.0 Å². The average Bonchev–Trinajstić information content (AvgIpc) is 3.21. The quantitative estimate of drug-likeness (QED) is 0.522. The number of aryl methyl sites for hydroxylation is 1. The Bertz CT molecular complexity index is 1160. The second kappa shape index (κ2) is 7.34. The maximum atomic E-state index is 12.7. The molecule has 0 unspecified atom stereocenters. The van der Waals surface area contributed by atoms with Gasteiger partial charge in [-0.1, -0.05) is 0 Å². The number of nitrogens with zero attached hydrogens (tertiary/aromatic N) is 5. The first-order valence-electron chi connectivity index (χ1n) is 8.94. The molecule has 29 heavy (non-hydrogen) atoms. The maximum absolute atomic E-state index is 12.7. The number of hydrogen-bond donors (Lipinski definition) is 1. The van der Waals surface area contributed by atoms with Crippen molar-refractivity contribution in [2.75, 3.05) is 7.11 Å². The topological polar surface area (TPSA) is 76.7 Å². The van der Waals surface area contributed by atoms with E-state index >= 15 is 0 Å². The van der Waals surface area contributed by atoms with Crippen molar-refractivity contribution in [3.8, 4) is 11.4 Å². The zero-order valence-electron chi connectivity index (χ0n) is 15.7. The van der Waals surface area contributed by atoms with Crippen LogP contribution in [0.15, 0.2) is 30.7 Å². The minimum absolute atomic E-state index is 0.0346. The van der Waals surface area contributed by atoms with Gasteiger partial charge >= 0.3 is 6.18 Å². The summed E-state index contributed by atoms with van der Waals surface area (Å²) >= 11 is 1.46. The number of hydrogen-bond acceptors (Lipinski definition) is 6. The number of aliphatic hydroxyl groups is 1. The smallest absolute Gasteiger partial charge is 0.391 e. The van der Waals surface area contributed by atoms with Crippen LogP contribution in [0.1, 0.15) is 23.6 Å². The van der Waals surface area contributed by atoms with Crippen molar-refractivity contribution in [1.82, 2.24) is 24.7 Å². The molecule has 4 aromatic rings. The Labute approximate surface area is 168 Å². The van der Waals surface area contributed by atoms with Crippen molar-refractivity contribution < 1.29 is 18.3 Å². The van der Waals surface area contributed by atoms with Crippen LogP contribution >= 0.6 is 11.3 Å². The summed E-state index contributed by atoms with van der Waals surface area (Å²) in [5, 5.41) is 13.0. The molecule has 4 aromatic heterocycles. The van der Waals surface area contributed by atoms with E-state index in [-0.39, 0.29) is 18.8 Å². The van der Waals surface area contributed by atoms with Crippen LogP contribution in [0, 0.1) is 5.92 Å². The van der Waals surface area contributed by atoms with Gasteiger partial charge < -0.3 is 5.11 Å². The highest BCUT2D eigenvalue weighted by Crippen LogP contribution is 2.51. The van der Waals surface area contributed by atoms with E-state index in [0.29, 0.717) is 11.5 Å². The summed E-state index contributed by atoms with van der Waals surface area (Å²) in [5.74, 6) is -0.657. The van der Waals surface area contributed by atoms with Crippen LogP contribution < -0.4 is 0 Å². The van der Waals surface area contributed by atoms with Crippen molar-refractivity contribution in [3.63, 3.8) is 0 Å². The van der Waals surface area contributed by atoms with Gasteiger partial charge in [-0.2, -0.15) is 18.3 Å². The van der Waals surface area contributed by atoms with Crippen LogP contribution in [0.5, 0.6) is 0 Å². The van der Waals surface area contributed by atoms with Gasteiger partial charge in [-0.25, -0.2) is 15.0 Å². The Morgan fingerprint density at radius 2 is 1.86 bits per heavy atom. The number of thiophene rings is 1. The van der Waals surface area contributed by atoms with Crippen molar-refractivity contribution in [1.29, 1.82) is 0 Å². The summed E-state index contributed by atoms with van der Waals surface area (Å²) in [5.41, 5.74) is 1.44. The lowest BCUT2D eigenvalue weighted by atomic mass is 9.74. The molecule has 0 spiro atoms. The fraction of sp³-hybridized carbons (Fsp3) is 0.368. The molecule has 1 saturated carbocycles. The fourth-order valence-electron chi connectivity index (χ4n) is 3.46. The molecule has 4 heterocycles. The van der Waals surface area contributed by atoms with Gasteiger partial charge in [0.15, 0.2) is 11.5 Å². The highest BCUT2D eigenvalue weighted by molar-refractivity contribution is 7.18. The van der Waals surface area contributed by atoms with E-state index in [1.165, 1.54) is 11.3 Å². The van der Waals surface area contributed by atoms with Crippen molar-refractivity contribution in [3.05, 3.63) is 35.6 Å². The largest absolute Gasteiger partial charge is 0.400 e. The first-order chi connectivity index (χ1) is 13.9. The molecule has 0 amide bonds. The standard InChI is InChI=1S/C18H14F3N5S.CH4O/c1-26-8-12-2-10(6-23-16(12)25-26)15-22-7-11-5-14(27-17(11)24-15)9-3-13(4-9)18(19,20)21;1-2/h2,5-9,13H,3-4H2,1H3;2H,1H3. The summed E-state index contributed by atoms with van der Waals surface area (Å²) in [7, 11) is 2.83. The van der Waals surface area contributed by atoms with Gasteiger partial charge in [0.2, 0.25) is 0 Å². The number of aromatic nitrogens is 5. The summed E-state index contributed by atoms with van der Waals surface area (Å²) in [6.45, 7) is 0. The molecular formula is C19H18F3N5OS. The molecule has 0 aliphatic heterocycles. The molecule has 1 N–H and O–H groups in total. The SMILES string of the molecule is CO.Cn1cc2cc(-c3ncc4cc(C5CC(C(F)(F)F)C5)sc4n3)cnc2n1. The Morgan fingerprint density at radius 1 is 1.10 bits per heavy atom. The number of rotatable bonds is 2. The molecular weight excluding hydrogens is 403 g/mol. The van der Waals surface area contributed by atoms with Crippen LogP contribution in [0.25, 0.3) is 32.6 Å². The molecule has 10 heteroatoms. The van der Waals surface area contributed by atoms with Crippen LogP contribution in [0.2, 0.25) is 0 Å². The van der Waals surface area contributed by atoms with Crippen molar-refractivity contribution in [2.45, 2.75) is 24.9 Å². The molecule has 0 radical (unpaired) electrons. The Kier molecular flexibility index (Phi) is 4.99. The van der Waals surface area contributed by atoms with Crippen molar-refractivity contribution >= 4 is 32.6 Å². The Hall–Kier alpha value is -2.59. The maximum Gasteiger partial charge on any atom is 0.391 e. The first-order valence-corrected chi connectivity index (χ1v) is 9.76. The van der Waals surface area contributed by atoms with E-state index in [9.17, 15) is 13.2 Å². The molecule has 152 valence electrons. The van der Waals surface area contributed by atoms with Crippen LogP contribution in [0.3, 0.4) is 0 Å². The Morgan fingerprint density at radius 3 is 2.59 bits per heavy atom. The van der Waals surface area contributed by atoms with E-state index in [1.807, 2.05) is 25.4 Å². The molecule has 0 aromatic carbocycles. The second-order valence-corrected chi connectivity index (χ2v) is 8.01. The zero-order valence-corrected chi connectivity index (χ0v) is 16.5. The summed E-state index contributed by atoms with van der Waals surface area (Å²) in [6, 6.07) is 3.86. The number of alkyl halides is 3. The number of halogens is 3. The average molecular weight is 421 g/mol. The molecule has 6 nitrogen and oxygen atoms in total. The third-order valence-corrected chi connectivity index (χ3v) is 6.23. The minimum Gasteiger partial charge on any atom is -0.400 e. The van der Waals surface area contributed by atoms with E-state index in [2.05, 4.69) is 20.1 Å². The fourth-order valence-corrected chi connectivity index (χ4v) is 4.59. The highest BCUT2D eigenvalue weighted by Gasteiger charge is 2.48. The lowest BCUT2D eigenvalue weighted by molar-refractivity contribution is -0.197. The van der Waals surface area contributed by atoms with E-state index in [4.69, 9.17) is 5.11 Å². The summed E-state index contributed by atoms with van der Waals surface area (Å²) in [4.78, 5) is 15.1. The molecule has 0 bridgehead atoms. The lowest BCUT2D eigenvalue weighted by Gasteiger charge is -2.35. The molecule has 0 saturated heterocycles. The molecule has 5 rings (SSSR count). The first kappa shape index (κ1) is 19.7. The predicted octanol–water partition coefficient (Wildman–Crippen LogP) is 4.30. The number of fused-ring (bicyclic) bond motifs is 2.